The highest BCUT2D eigenvalue weighted by atomic mass is 79.9. The molecular weight excluding hydrogens is 392 g/mol. The van der Waals surface area contributed by atoms with Crippen LogP contribution in [-0.2, 0) is 4.79 Å². The quantitative estimate of drug-likeness (QED) is 0.320. The van der Waals surface area contributed by atoms with Crippen LogP contribution in [0.25, 0.3) is 5.70 Å². The molecule has 0 amide bonds. The lowest BCUT2D eigenvalue weighted by Crippen LogP contribution is -2.51. The minimum atomic E-state index is 0.129. The van der Waals surface area contributed by atoms with Gasteiger partial charge in [0.2, 0.25) is 0 Å². The minimum Gasteiger partial charge on any atom is -0.377 e. The van der Waals surface area contributed by atoms with Crippen molar-refractivity contribution in [2.75, 3.05) is 45.2 Å². The van der Waals surface area contributed by atoms with Crippen LogP contribution in [0.2, 0.25) is 0 Å². The summed E-state index contributed by atoms with van der Waals surface area (Å²) in [5.74, 6) is 2.68. The minimum absolute atomic E-state index is 0.129. The molecule has 26 heavy (non-hydrogen) atoms. The van der Waals surface area contributed by atoms with Crippen LogP contribution >= 0.6 is 15.9 Å². The fourth-order valence-electron chi connectivity index (χ4n) is 3.32. The van der Waals surface area contributed by atoms with Crippen molar-refractivity contribution >= 4 is 33.6 Å². The third-order valence-electron chi connectivity index (χ3n) is 4.50. The van der Waals surface area contributed by atoms with Crippen molar-refractivity contribution in [3.63, 3.8) is 0 Å². The van der Waals surface area contributed by atoms with Crippen LogP contribution in [0.5, 0.6) is 0 Å². The van der Waals surface area contributed by atoms with Gasteiger partial charge in [0.05, 0.1) is 12.2 Å². The predicted molar refractivity (Wildman–Crippen MR) is 109 cm³/mol. The Hall–Kier alpha value is -2.28. The number of hydrogen-bond donors (Lipinski definition) is 0. The molecular formula is C20H23BrN4O. The van der Waals surface area contributed by atoms with Crippen molar-refractivity contribution in [2.45, 2.75) is 13.0 Å². The fourth-order valence-corrected chi connectivity index (χ4v) is 3.68. The van der Waals surface area contributed by atoms with E-state index in [0.29, 0.717) is 25.1 Å². The smallest absolute Gasteiger partial charge is 0.162 e. The molecule has 1 fully saturated rings. The second kappa shape index (κ2) is 8.89. The van der Waals surface area contributed by atoms with Gasteiger partial charge in [0.1, 0.15) is 11.6 Å². The highest BCUT2D eigenvalue weighted by molar-refractivity contribution is 9.10. The largest absolute Gasteiger partial charge is 0.377 e. The zero-order valence-corrected chi connectivity index (χ0v) is 17.0. The van der Waals surface area contributed by atoms with Crippen LogP contribution in [0.1, 0.15) is 12.5 Å². The fraction of sp³-hybridized carbons (Fsp3) is 0.400. The lowest BCUT2D eigenvalue weighted by Gasteiger charge is -2.42. The number of piperazine rings is 1. The van der Waals surface area contributed by atoms with Crippen molar-refractivity contribution in [2.24, 2.45) is 0 Å². The number of halogens is 1. The summed E-state index contributed by atoms with van der Waals surface area (Å²) in [6.45, 7) is 4.99. The first kappa shape index (κ1) is 20.0. The number of nitriles is 1. The Labute approximate surface area is 164 Å². The van der Waals surface area contributed by atoms with Gasteiger partial charge in [0.25, 0.3) is 0 Å². The molecule has 0 saturated carbocycles. The third kappa shape index (κ3) is 4.27. The molecule has 136 valence electrons. The highest BCUT2D eigenvalue weighted by Crippen LogP contribution is 2.35. The molecule has 1 aliphatic rings. The summed E-state index contributed by atoms with van der Waals surface area (Å²) in [6, 6.07) is 8.11. The third-order valence-corrected chi connectivity index (χ3v) is 5.00. The van der Waals surface area contributed by atoms with E-state index in [9.17, 15) is 10.1 Å². The number of carbonyl (C=O) groups is 1. The molecule has 1 atom stereocenters. The molecule has 1 aromatic rings. The van der Waals surface area contributed by atoms with Crippen LogP contribution in [-0.4, -0.2) is 62.4 Å². The van der Waals surface area contributed by atoms with Gasteiger partial charge in [-0.25, -0.2) is 0 Å². The number of nitrogens with zero attached hydrogens (tertiary/aromatic N) is 4. The maximum Gasteiger partial charge on any atom is 0.162 e. The van der Waals surface area contributed by atoms with Crippen LogP contribution in [0.15, 0.2) is 28.2 Å². The second-order valence-electron chi connectivity index (χ2n) is 6.53. The number of terminal acetylenes is 1. The van der Waals surface area contributed by atoms with Gasteiger partial charge in [-0.2, -0.15) is 5.26 Å². The average molecular weight is 415 g/mol. The molecule has 5 nitrogen and oxygen atoms in total. The standard InChI is InChI=1S/C20H23BrN4O/c1-5-8-24-9-10-25(15(2)13-24)20(16(12-22)14-26)18-11-17(21)6-7-19(18)23(3)4/h1,6-7,11,14-15H,8-10,13H2,2-4H3/b20-16+. The topological polar surface area (TPSA) is 50.6 Å². The summed E-state index contributed by atoms with van der Waals surface area (Å²) in [5.41, 5.74) is 2.64. The molecule has 1 aliphatic heterocycles. The molecule has 2 rings (SSSR count). The lowest BCUT2D eigenvalue weighted by atomic mass is 10.0. The predicted octanol–water partition coefficient (Wildman–Crippen LogP) is 2.59. The van der Waals surface area contributed by atoms with Crippen molar-refractivity contribution < 1.29 is 4.79 Å². The van der Waals surface area contributed by atoms with Gasteiger partial charge in [-0.1, -0.05) is 21.9 Å². The van der Waals surface area contributed by atoms with Crippen LogP contribution in [0.4, 0.5) is 5.69 Å². The van der Waals surface area contributed by atoms with Crippen molar-refractivity contribution in [3.8, 4) is 18.4 Å². The molecule has 1 unspecified atom stereocenters. The Morgan fingerprint density at radius 1 is 1.46 bits per heavy atom. The van der Waals surface area contributed by atoms with Gasteiger partial charge in [-0.05, 0) is 25.1 Å². The zero-order chi connectivity index (χ0) is 19.3. The van der Waals surface area contributed by atoms with E-state index < -0.39 is 0 Å². The number of benzene rings is 1. The Balaban J connectivity index is 2.57. The first-order valence-corrected chi connectivity index (χ1v) is 9.21. The number of allylic oxidation sites excluding steroid dienone is 1. The van der Waals surface area contributed by atoms with Gasteiger partial charge in [-0.15, -0.1) is 6.42 Å². The lowest BCUT2D eigenvalue weighted by molar-refractivity contribution is -0.104. The Morgan fingerprint density at radius 3 is 2.73 bits per heavy atom. The molecule has 0 aromatic heterocycles. The normalized spacial score (nSPS) is 18.5. The van der Waals surface area contributed by atoms with Crippen molar-refractivity contribution in [1.29, 1.82) is 5.26 Å². The van der Waals surface area contributed by atoms with Gasteiger partial charge in [0, 0.05) is 55.5 Å². The Bertz CT molecular complexity index is 788. The van der Waals surface area contributed by atoms with Gasteiger partial charge in [-0.3, -0.25) is 9.69 Å². The molecule has 6 heteroatoms. The van der Waals surface area contributed by atoms with Crippen LogP contribution in [0, 0.1) is 23.7 Å². The Morgan fingerprint density at radius 2 is 2.19 bits per heavy atom. The SMILES string of the molecule is C#CCN1CCN(/C(=C(\C#N)C=O)c2cc(Br)ccc2N(C)C)C(C)C1. The molecule has 0 aliphatic carbocycles. The number of rotatable bonds is 5. The van der Waals surface area contributed by atoms with Gasteiger partial charge < -0.3 is 9.80 Å². The average Bonchev–Trinajstić information content (AvgIpc) is 2.60. The number of aldehydes is 1. The van der Waals surface area contributed by atoms with E-state index in [1.54, 1.807) is 0 Å². The molecule has 0 spiro atoms. The summed E-state index contributed by atoms with van der Waals surface area (Å²) >= 11 is 3.51. The summed E-state index contributed by atoms with van der Waals surface area (Å²) in [7, 11) is 3.90. The molecule has 0 bridgehead atoms. The molecule has 0 radical (unpaired) electrons. The number of hydrogen-bond acceptors (Lipinski definition) is 5. The van der Waals surface area contributed by atoms with Crippen molar-refractivity contribution in [3.05, 3.63) is 33.8 Å². The van der Waals surface area contributed by atoms with Gasteiger partial charge >= 0.3 is 0 Å². The first-order chi connectivity index (χ1) is 12.4. The molecule has 1 heterocycles. The zero-order valence-electron chi connectivity index (χ0n) is 15.4. The maximum absolute atomic E-state index is 11.7. The van der Waals surface area contributed by atoms with E-state index in [-0.39, 0.29) is 11.6 Å². The van der Waals surface area contributed by atoms with E-state index in [4.69, 9.17) is 6.42 Å². The summed E-state index contributed by atoms with van der Waals surface area (Å²) in [5, 5.41) is 9.58. The number of carbonyl (C=O) groups excluding carboxylic acids is 1. The van der Waals surface area contributed by atoms with Crippen molar-refractivity contribution in [1.82, 2.24) is 9.80 Å². The second-order valence-corrected chi connectivity index (χ2v) is 7.45. The molecule has 0 N–H and O–H groups in total. The summed E-state index contributed by atoms with van der Waals surface area (Å²) < 4.78 is 0.900. The van der Waals surface area contributed by atoms with Gasteiger partial charge in [0.15, 0.2) is 6.29 Å². The molecule has 1 saturated heterocycles. The monoisotopic (exact) mass is 414 g/mol. The maximum atomic E-state index is 11.7. The first-order valence-electron chi connectivity index (χ1n) is 8.42. The summed E-state index contributed by atoms with van der Waals surface area (Å²) in [4.78, 5) is 18.0. The van der Waals surface area contributed by atoms with E-state index >= 15 is 0 Å². The van der Waals surface area contributed by atoms with E-state index in [2.05, 4.69) is 44.6 Å². The van der Waals surface area contributed by atoms with Crippen LogP contribution < -0.4 is 4.90 Å². The van der Waals surface area contributed by atoms with E-state index in [0.717, 1.165) is 28.8 Å². The highest BCUT2D eigenvalue weighted by Gasteiger charge is 2.29. The summed E-state index contributed by atoms with van der Waals surface area (Å²) in [6.07, 6.45) is 6.09. The van der Waals surface area contributed by atoms with E-state index in [1.165, 1.54) is 0 Å². The van der Waals surface area contributed by atoms with Crippen LogP contribution in [0.3, 0.4) is 0 Å². The van der Waals surface area contributed by atoms with E-state index in [1.807, 2.05) is 37.2 Å². The Kier molecular flexibility index (Phi) is 6.85. The number of anilines is 1. The molecule has 1 aromatic carbocycles.